The summed E-state index contributed by atoms with van der Waals surface area (Å²) >= 11 is 10.9. The van der Waals surface area contributed by atoms with Gasteiger partial charge in [0.2, 0.25) is 17.7 Å². The highest BCUT2D eigenvalue weighted by molar-refractivity contribution is 9.10. The molecule has 9 aromatic rings. The number of likely N-dealkylation sites (tertiary alicyclic amines) is 3. The third-order valence-electron chi connectivity index (χ3n) is 14.3. The number of hydrogen-bond donors (Lipinski definition) is 1. The third kappa shape index (κ3) is 17.4. The number of hydrogen-bond acceptors (Lipinski definition) is 19. The Bertz CT molecular complexity index is 3650. The zero-order chi connectivity index (χ0) is 61.2. The zero-order valence-corrected chi connectivity index (χ0v) is 53.6. The predicted octanol–water partition coefficient (Wildman–Crippen LogP) is 12.7. The molecule has 3 aliphatic heterocycles. The molecule has 0 saturated carbocycles. The summed E-state index contributed by atoms with van der Waals surface area (Å²) in [6, 6.07) is 21.5. The first kappa shape index (κ1) is 63.9. The highest BCUT2D eigenvalue weighted by Crippen LogP contribution is 2.34. The molecule has 0 radical (unpaired) electrons. The van der Waals surface area contributed by atoms with E-state index in [0.717, 1.165) is 63.4 Å². The van der Waals surface area contributed by atoms with Crippen LogP contribution in [0.25, 0.3) is 32.1 Å². The number of halogens is 3. The zero-order valence-electron chi connectivity index (χ0n) is 48.0. The molecule has 452 valence electrons. The van der Waals surface area contributed by atoms with Gasteiger partial charge in [-0.05, 0) is 137 Å². The second kappa shape index (κ2) is 31.4. The van der Waals surface area contributed by atoms with Crippen molar-refractivity contribution in [2.75, 3.05) is 26.2 Å². The Kier molecular flexibility index (Phi) is 23.1. The van der Waals surface area contributed by atoms with Gasteiger partial charge in [-0.2, -0.15) is 4.39 Å². The van der Waals surface area contributed by atoms with E-state index in [9.17, 15) is 23.9 Å². The molecule has 12 heterocycles. The summed E-state index contributed by atoms with van der Waals surface area (Å²) in [6.45, 7) is 10.1. The van der Waals surface area contributed by atoms with E-state index in [1.165, 1.54) is 46.3 Å². The third-order valence-corrected chi connectivity index (χ3v) is 18.0. The second-order valence-electron chi connectivity index (χ2n) is 20.4. The topological polar surface area (TPSA) is 225 Å². The number of amides is 3. The Morgan fingerprint density at radius 1 is 0.517 bits per heavy atom. The monoisotopic (exact) mass is 1360 g/mol. The van der Waals surface area contributed by atoms with Crippen molar-refractivity contribution >= 4 is 83.6 Å². The molecular formula is C62H63Br2FN12O7S3. The number of β-amino-alcohol motifs (C(OH)–C–C–N with tert-alkyl or cyclic N) is 1. The lowest BCUT2D eigenvalue weighted by Gasteiger charge is -2.37. The largest absolute Gasteiger partial charge is 0.494 e. The lowest BCUT2D eigenvalue weighted by atomic mass is 10.00. The highest BCUT2D eigenvalue weighted by Gasteiger charge is 2.35. The molecule has 0 aromatic carbocycles. The molecule has 12 rings (SSSR count). The maximum Gasteiger partial charge on any atom is 0.255 e. The average molecular weight is 1360 g/mol. The van der Waals surface area contributed by atoms with E-state index in [4.69, 9.17) is 14.2 Å². The van der Waals surface area contributed by atoms with E-state index < -0.39 is 12.1 Å². The van der Waals surface area contributed by atoms with Crippen LogP contribution < -0.4 is 14.2 Å². The van der Waals surface area contributed by atoms with Gasteiger partial charge in [-0.3, -0.25) is 14.4 Å². The fraction of sp³-hybridized carbons (Fsp3) is 0.323. The van der Waals surface area contributed by atoms with Gasteiger partial charge in [0, 0.05) is 108 Å². The van der Waals surface area contributed by atoms with Crippen molar-refractivity contribution < 1.29 is 38.1 Å². The summed E-state index contributed by atoms with van der Waals surface area (Å²) in [5.41, 5.74) is 1.89. The molecule has 0 spiro atoms. The molecule has 6 atom stereocenters. The molecule has 1 N–H and O–H groups in total. The van der Waals surface area contributed by atoms with Crippen LogP contribution in [0.1, 0.15) is 97.3 Å². The van der Waals surface area contributed by atoms with Crippen LogP contribution in [0.5, 0.6) is 17.5 Å². The van der Waals surface area contributed by atoms with Crippen molar-refractivity contribution in [1.29, 1.82) is 0 Å². The van der Waals surface area contributed by atoms with Crippen LogP contribution >= 0.6 is 65.9 Å². The number of aromatic nitrogens is 9. The molecule has 9 aromatic heterocycles. The number of carbonyl (C=O) groups excluding carboxylic acids is 3. The molecule has 0 unspecified atom stereocenters. The number of rotatable bonds is 12. The van der Waals surface area contributed by atoms with Gasteiger partial charge in [-0.1, -0.05) is 31.9 Å². The summed E-state index contributed by atoms with van der Waals surface area (Å²) in [4.78, 5) is 84.9. The molecule has 25 heteroatoms. The minimum atomic E-state index is -0.459. The van der Waals surface area contributed by atoms with Gasteiger partial charge in [-0.25, -0.2) is 44.9 Å². The molecule has 3 amide bonds. The Hall–Kier alpha value is -7.55. The van der Waals surface area contributed by atoms with E-state index in [1.807, 2.05) is 70.1 Å². The van der Waals surface area contributed by atoms with Crippen molar-refractivity contribution in [3.8, 4) is 49.6 Å². The van der Waals surface area contributed by atoms with Gasteiger partial charge in [0.05, 0.1) is 57.1 Å². The van der Waals surface area contributed by atoms with Gasteiger partial charge in [0.1, 0.15) is 18.0 Å². The van der Waals surface area contributed by atoms with Crippen molar-refractivity contribution in [1.82, 2.24) is 59.6 Å². The first-order valence-corrected chi connectivity index (χ1v) is 32.4. The minimum absolute atomic E-state index is 0.00768. The number of piperidine rings is 3. The molecule has 3 aliphatic rings. The Morgan fingerprint density at radius 3 is 1.31 bits per heavy atom. The maximum absolute atomic E-state index is 13.4. The van der Waals surface area contributed by atoms with Crippen LogP contribution in [0.15, 0.2) is 154 Å². The summed E-state index contributed by atoms with van der Waals surface area (Å²) in [5.74, 6) is 3.00. The lowest BCUT2D eigenvalue weighted by molar-refractivity contribution is 0.0310. The smallest absolute Gasteiger partial charge is 0.255 e. The average Bonchev–Trinajstić information content (AvgIpc) is 3.97. The summed E-state index contributed by atoms with van der Waals surface area (Å²) in [7, 11) is 0. The number of nitrogens with zero attached hydrogens (tertiary/aromatic N) is 12. The molecule has 87 heavy (non-hydrogen) atoms. The maximum atomic E-state index is 13.4. The molecule has 19 nitrogen and oxygen atoms in total. The van der Waals surface area contributed by atoms with Crippen LogP contribution in [-0.4, -0.2) is 145 Å². The summed E-state index contributed by atoms with van der Waals surface area (Å²) in [5, 5.41) is 15.5. The molecule has 0 bridgehead atoms. The Balaban J connectivity index is 0.000000148. The van der Waals surface area contributed by atoms with E-state index >= 15 is 0 Å². The van der Waals surface area contributed by atoms with E-state index in [0.29, 0.717) is 76.6 Å². The second-order valence-corrected chi connectivity index (χ2v) is 24.9. The van der Waals surface area contributed by atoms with Gasteiger partial charge in [-0.15, -0.1) is 34.0 Å². The summed E-state index contributed by atoms with van der Waals surface area (Å²) in [6.07, 6.45) is 19.3. The van der Waals surface area contributed by atoms with Crippen molar-refractivity contribution in [3.05, 3.63) is 176 Å². The lowest BCUT2D eigenvalue weighted by Crippen LogP contribution is -2.49. The van der Waals surface area contributed by atoms with Gasteiger partial charge in [0.25, 0.3) is 17.7 Å². The van der Waals surface area contributed by atoms with Crippen molar-refractivity contribution in [2.24, 2.45) is 0 Å². The fourth-order valence-corrected chi connectivity index (χ4v) is 12.9. The molecule has 3 saturated heterocycles. The van der Waals surface area contributed by atoms with E-state index in [1.54, 1.807) is 90.9 Å². The first-order valence-electron chi connectivity index (χ1n) is 28.2. The minimum Gasteiger partial charge on any atom is -0.494 e. The Labute approximate surface area is 532 Å². The van der Waals surface area contributed by atoms with E-state index in [2.05, 4.69) is 90.6 Å². The first-order chi connectivity index (χ1) is 42.2. The number of aliphatic hydroxyl groups is 1. The van der Waals surface area contributed by atoms with Crippen LogP contribution in [0, 0.1) is 5.95 Å². The number of aliphatic hydroxyl groups excluding tert-OH is 1. The molecule has 3 fully saturated rings. The van der Waals surface area contributed by atoms with Crippen molar-refractivity contribution in [2.45, 2.75) is 103 Å². The molecular weight excluding hydrogens is 1300 g/mol. The molecule has 0 aliphatic carbocycles. The number of thiophene rings is 3. The highest BCUT2D eigenvalue weighted by atomic mass is 79.9. The van der Waals surface area contributed by atoms with Crippen molar-refractivity contribution in [3.63, 3.8) is 0 Å². The van der Waals surface area contributed by atoms with Crippen LogP contribution in [0.2, 0.25) is 0 Å². The normalized spacial score (nSPS) is 19.0. The fourth-order valence-electron chi connectivity index (χ4n) is 9.82. The van der Waals surface area contributed by atoms with Crippen LogP contribution in [-0.2, 0) is 0 Å². The standard InChI is InChI=1S/C22H24N4O3S.C20H19BrN4O2S.C15H17N3O2S.C5H3BrFN/c1-3-28-16-7-11-23-19(13-16)29-17-6-5-15(2)26(14-17)22(27)18-8-12-30-20(18)21-24-9-4-10-25-21;1-13-3-4-15(27-17-11-14(21)5-9-22-17)12-25(13)20(26)16-6-10-28-18(16)19-23-7-2-8-24-19;1-10-3-4-11(19)9-18(10)15(20)12-5-8-21-13(12)14-16-6-2-7-17-14;6-4-1-2-8-5(7)3-4/h4,7-13,15,17H,3,5-6,14H2,1-2H3;2,5-11,13,15H,3-4,12H2,1H3;2,5-8,10-11,19H,3-4,9H2,1H3;1-3H/t15-,17-;13-,15-;10-,11-;/m111./s1. The summed E-state index contributed by atoms with van der Waals surface area (Å²) < 4.78 is 31.3. The number of pyridine rings is 3. The quantitative estimate of drug-likeness (QED) is 0.112. The van der Waals surface area contributed by atoms with E-state index in [-0.39, 0.29) is 48.1 Å². The number of carbonyl (C=O) groups is 3. The van der Waals surface area contributed by atoms with Gasteiger partial charge >= 0.3 is 0 Å². The predicted molar refractivity (Wildman–Crippen MR) is 339 cm³/mol. The number of ether oxygens (including phenoxy) is 3. The van der Waals surface area contributed by atoms with Gasteiger partial charge < -0.3 is 34.0 Å². The van der Waals surface area contributed by atoms with Crippen LogP contribution in [0.4, 0.5) is 4.39 Å². The van der Waals surface area contributed by atoms with Gasteiger partial charge in [0.15, 0.2) is 17.5 Å². The Morgan fingerprint density at radius 2 is 0.908 bits per heavy atom. The van der Waals surface area contributed by atoms with Crippen LogP contribution in [0.3, 0.4) is 0 Å². The SMILES string of the molecule is CCOc1ccnc(O[C@@H]2CC[C@@H](C)N(C(=O)c3ccsc3-c3ncccn3)C2)c1.C[C@@H]1CC[C@@H](O)CN1C(=O)c1ccsc1-c1ncccn1.C[C@@H]1CC[C@@H](Oc2cc(Br)ccn2)CN1C(=O)c1ccsc1-c1ncccn1.Fc1cc(Br)ccn1.